The van der Waals surface area contributed by atoms with Crippen LogP contribution in [0.5, 0.6) is 0 Å². The number of aryl methyl sites for hydroxylation is 1. The summed E-state index contributed by atoms with van der Waals surface area (Å²) in [5.41, 5.74) is 0.184. The fourth-order valence-electron chi connectivity index (χ4n) is 2.26. The van der Waals surface area contributed by atoms with Crippen molar-refractivity contribution in [3.05, 3.63) is 16.1 Å². The smallest absolute Gasteiger partial charge is 0.0897 e. The molecule has 0 spiro atoms. The van der Waals surface area contributed by atoms with E-state index in [-0.39, 0.29) is 5.54 Å². The lowest BCUT2D eigenvalue weighted by atomic mass is 10.0. The van der Waals surface area contributed by atoms with E-state index in [0.717, 1.165) is 44.4 Å². The van der Waals surface area contributed by atoms with Crippen molar-refractivity contribution in [2.75, 3.05) is 32.8 Å². The number of morpholine rings is 1. The summed E-state index contributed by atoms with van der Waals surface area (Å²) in [6.45, 7) is 12.3. The molecule has 0 aliphatic carbocycles. The molecule has 0 aromatic carbocycles. The highest BCUT2D eigenvalue weighted by Gasteiger charge is 2.27. The summed E-state index contributed by atoms with van der Waals surface area (Å²) >= 11 is 1.77. The molecule has 1 aliphatic heterocycles. The average molecular weight is 269 g/mol. The Balaban J connectivity index is 1.77. The Hall–Kier alpha value is -0.490. The molecule has 1 N–H and O–H groups in total. The van der Waals surface area contributed by atoms with Gasteiger partial charge in [0.05, 0.1) is 18.2 Å². The summed E-state index contributed by atoms with van der Waals surface area (Å²) in [6.07, 6.45) is 1.97. The van der Waals surface area contributed by atoms with Crippen LogP contribution >= 0.6 is 11.3 Å². The predicted octanol–water partition coefficient (Wildman–Crippen LogP) is 1.65. The number of nitrogens with one attached hydrogen (secondary N) is 1. The van der Waals surface area contributed by atoms with Gasteiger partial charge in [-0.2, -0.15) is 0 Å². The maximum Gasteiger partial charge on any atom is 0.0897 e. The lowest BCUT2D eigenvalue weighted by molar-refractivity contribution is -0.00965. The first-order valence-corrected chi connectivity index (χ1v) is 7.34. The molecule has 4 nitrogen and oxygen atoms in total. The second-order valence-electron chi connectivity index (χ2n) is 5.36. The van der Waals surface area contributed by atoms with Crippen LogP contribution in [-0.2, 0) is 11.3 Å². The van der Waals surface area contributed by atoms with Crippen molar-refractivity contribution >= 4 is 11.3 Å². The minimum absolute atomic E-state index is 0.184. The molecule has 0 bridgehead atoms. The standard InChI is InChI=1S/C13H23N3OS/c1-11-15-9-12(18-11)8-14-10-13(2,3)16-4-6-17-7-5-16/h9,14H,4-8,10H2,1-3H3. The third kappa shape index (κ3) is 3.75. The van der Waals surface area contributed by atoms with Crippen molar-refractivity contribution in [1.82, 2.24) is 15.2 Å². The van der Waals surface area contributed by atoms with E-state index in [1.54, 1.807) is 11.3 Å². The maximum absolute atomic E-state index is 5.40. The summed E-state index contributed by atoms with van der Waals surface area (Å²) in [6, 6.07) is 0. The third-order valence-corrected chi connectivity index (χ3v) is 4.31. The molecule has 18 heavy (non-hydrogen) atoms. The molecule has 0 radical (unpaired) electrons. The summed E-state index contributed by atoms with van der Waals surface area (Å²) in [7, 11) is 0. The van der Waals surface area contributed by atoms with Gasteiger partial charge in [-0.05, 0) is 20.8 Å². The van der Waals surface area contributed by atoms with Crippen LogP contribution < -0.4 is 5.32 Å². The molecule has 1 aromatic rings. The van der Waals surface area contributed by atoms with E-state index >= 15 is 0 Å². The Bertz CT molecular complexity index is 372. The minimum Gasteiger partial charge on any atom is -0.379 e. The monoisotopic (exact) mass is 269 g/mol. The van der Waals surface area contributed by atoms with Gasteiger partial charge in [0.25, 0.3) is 0 Å². The van der Waals surface area contributed by atoms with Gasteiger partial charge in [0.2, 0.25) is 0 Å². The van der Waals surface area contributed by atoms with Gasteiger partial charge in [-0.15, -0.1) is 11.3 Å². The minimum atomic E-state index is 0.184. The van der Waals surface area contributed by atoms with Crippen LogP contribution in [0, 0.1) is 6.92 Å². The first-order valence-electron chi connectivity index (χ1n) is 6.53. The second-order valence-corrected chi connectivity index (χ2v) is 6.68. The van der Waals surface area contributed by atoms with E-state index in [1.165, 1.54) is 4.88 Å². The Kier molecular flexibility index (Phi) is 4.72. The van der Waals surface area contributed by atoms with Crippen LogP contribution in [0.2, 0.25) is 0 Å². The van der Waals surface area contributed by atoms with Gasteiger partial charge in [0.15, 0.2) is 0 Å². The summed E-state index contributed by atoms with van der Waals surface area (Å²) in [4.78, 5) is 8.08. The van der Waals surface area contributed by atoms with Crippen LogP contribution in [-0.4, -0.2) is 48.3 Å². The van der Waals surface area contributed by atoms with Crippen LogP contribution in [0.3, 0.4) is 0 Å². The number of hydrogen-bond acceptors (Lipinski definition) is 5. The molecule has 102 valence electrons. The predicted molar refractivity (Wildman–Crippen MR) is 75.0 cm³/mol. The maximum atomic E-state index is 5.40. The molecule has 1 aromatic heterocycles. The number of ether oxygens (including phenoxy) is 1. The number of rotatable bonds is 5. The van der Waals surface area contributed by atoms with Gasteiger partial charge < -0.3 is 10.1 Å². The SMILES string of the molecule is Cc1ncc(CNCC(C)(C)N2CCOCC2)s1. The van der Waals surface area contributed by atoms with Gasteiger partial charge in [0.1, 0.15) is 0 Å². The van der Waals surface area contributed by atoms with Crippen LogP contribution in [0.25, 0.3) is 0 Å². The summed E-state index contributed by atoms with van der Waals surface area (Å²) in [5.74, 6) is 0. The van der Waals surface area contributed by atoms with Crippen molar-refractivity contribution in [3.8, 4) is 0 Å². The van der Waals surface area contributed by atoms with E-state index < -0.39 is 0 Å². The Morgan fingerprint density at radius 3 is 2.78 bits per heavy atom. The van der Waals surface area contributed by atoms with Crippen molar-refractivity contribution < 1.29 is 4.74 Å². The highest BCUT2D eigenvalue weighted by Crippen LogP contribution is 2.16. The van der Waals surface area contributed by atoms with E-state index in [4.69, 9.17) is 4.74 Å². The normalized spacial score (nSPS) is 18.2. The number of hydrogen-bond donors (Lipinski definition) is 1. The first kappa shape index (κ1) is 13.9. The topological polar surface area (TPSA) is 37.4 Å². The highest BCUT2D eigenvalue weighted by atomic mass is 32.1. The fraction of sp³-hybridized carbons (Fsp3) is 0.769. The van der Waals surface area contributed by atoms with Gasteiger partial charge in [-0.3, -0.25) is 4.90 Å². The van der Waals surface area contributed by atoms with E-state index in [2.05, 4.69) is 29.0 Å². The van der Waals surface area contributed by atoms with E-state index in [0.29, 0.717) is 0 Å². The summed E-state index contributed by atoms with van der Waals surface area (Å²) < 4.78 is 5.40. The summed E-state index contributed by atoms with van der Waals surface area (Å²) in [5, 5.41) is 4.68. The van der Waals surface area contributed by atoms with Crippen molar-refractivity contribution in [2.24, 2.45) is 0 Å². The second kappa shape index (κ2) is 6.10. The number of thiazole rings is 1. The average Bonchev–Trinajstić information content (AvgIpc) is 2.76. The molecule has 1 fully saturated rings. The first-order chi connectivity index (χ1) is 8.58. The molecule has 5 heteroatoms. The molecule has 0 saturated carbocycles. The zero-order valence-electron chi connectivity index (χ0n) is 11.5. The fourth-order valence-corrected chi connectivity index (χ4v) is 3.02. The van der Waals surface area contributed by atoms with Crippen LogP contribution in [0.1, 0.15) is 23.7 Å². The molecule has 0 amide bonds. The zero-order chi connectivity index (χ0) is 13.0. The van der Waals surface area contributed by atoms with Crippen LogP contribution in [0.15, 0.2) is 6.20 Å². The Morgan fingerprint density at radius 1 is 1.44 bits per heavy atom. The van der Waals surface area contributed by atoms with Crippen molar-refractivity contribution in [2.45, 2.75) is 32.9 Å². The van der Waals surface area contributed by atoms with E-state index in [1.807, 2.05) is 13.1 Å². The lowest BCUT2D eigenvalue weighted by Crippen LogP contribution is -2.54. The van der Waals surface area contributed by atoms with Crippen molar-refractivity contribution in [3.63, 3.8) is 0 Å². The number of aromatic nitrogens is 1. The third-order valence-electron chi connectivity index (χ3n) is 3.39. The molecule has 1 aliphatic rings. The van der Waals surface area contributed by atoms with Crippen molar-refractivity contribution in [1.29, 1.82) is 0 Å². The Labute approximate surface area is 113 Å². The molecule has 0 unspecified atom stereocenters. The van der Waals surface area contributed by atoms with Gasteiger partial charge in [-0.1, -0.05) is 0 Å². The van der Waals surface area contributed by atoms with Gasteiger partial charge in [0, 0.05) is 42.8 Å². The van der Waals surface area contributed by atoms with E-state index in [9.17, 15) is 0 Å². The molecule has 0 atom stereocenters. The quantitative estimate of drug-likeness (QED) is 0.882. The van der Waals surface area contributed by atoms with Crippen LogP contribution in [0.4, 0.5) is 0 Å². The van der Waals surface area contributed by atoms with Gasteiger partial charge >= 0.3 is 0 Å². The highest BCUT2D eigenvalue weighted by molar-refractivity contribution is 7.11. The molecule has 2 heterocycles. The molecular formula is C13H23N3OS. The zero-order valence-corrected chi connectivity index (χ0v) is 12.3. The molecular weight excluding hydrogens is 246 g/mol. The largest absolute Gasteiger partial charge is 0.379 e. The lowest BCUT2D eigenvalue weighted by Gasteiger charge is -2.41. The number of nitrogens with zero attached hydrogens (tertiary/aromatic N) is 2. The van der Waals surface area contributed by atoms with Gasteiger partial charge in [-0.25, -0.2) is 4.98 Å². The molecule has 2 rings (SSSR count). The molecule has 1 saturated heterocycles. The Morgan fingerprint density at radius 2 is 2.17 bits per heavy atom.